The summed E-state index contributed by atoms with van der Waals surface area (Å²) in [6.45, 7) is 1.90. The van der Waals surface area contributed by atoms with E-state index in [0.717, 1.165) is 11.1 Å². The van der Waals surface area contributed by atoms with E-state index in [1.54, 1.807) is 31.5 Å². The molecule has 0 aliphatic heterocycles. The highest BCUT2D eigenvalue weighted by Crippen LogP contribution is 2.22. The van der Waals surface area contributed by atoms with Crippen molar-refractivity contribution in [2.75, 3.05) is 11.9 Å². The highest BCUT2D eigenvalue weighted by atomic mass is 16.5. The van der Waals surface area contributed by atoms with E-state index in [1.165, 1.54) is 0 Å². The number of nitrogens with zero attached hydrogens (tertiary/aromatic N) is 1. The van der Waals surface area contributed by atoms with Gasteiger partial charge in [0.15, 0.2) is 6.10 Å². The van der Waals surface area contributed by atoms with Crippen LogP contribution in [0.25, 0.3) is 11.1 Å². The molecule has 3 rings (SSSR count). The summed E-state index contributed by atoms with van der Waals surface area (Å²) in [5.41, 5.74) is 2.82. The molecule has 2 amide bonds. The van der Waals surface area contributed by atoms with E-state index in [0.29, 0.717) is 11.4 Å². The van der Waals surface area contributed by atoms with Crippen molar-refractivity contribution in [3.63, 3.8) is 0 Å². The van der Waals surface area contributed by atoms with Crippen molar-refractivity contribution in [3.8, 4) is 16.9 Å². The van der Waals surface area contributed by atoms with Crippen LogP contribution in [0.2, 0.25) is 0 Å². The molecule has 0 radical (unpaired) electrons. The van der Waals surface area contributed by atoms with E-state index in [4.69, 9.17) is 4.74 Å². The zero-order valence-corrected chi connectivity index (χ0v) is 16.2. The summed E-state index contributed by atoms with van der Waals surface area (Å²) in [5, 5.41) is 5.44. The molecular formula is C23H23N3O3. The van der Waals surface area contributed by atoms with Crippen LogP contribution in [0.4, 0.5) is 5.69 Å². The van der Waals surface area contributed by atoms with Crippen molar-refractivity contribution in [2.45, 2.75) is 19.4 Å². The zero-order valence-electron chi connectivity index (χ0n) is 16.2. The molecule has 0 saturated carbocycles. The standard InChI is InChI=1S/C23H23N3O3/c1-17(23(28)25-15-13-22(27)26-20-8-5-14-24-16-20)29-21-11-9-19(10-12-21)18-6-3-2-4-7-18/h2-12,14,16-17H,13,15H2,1H3,(H,25,28)(H,26,27). The average Bonchev–Trinajstić information content (AvgIpc) is 2.75. The lowest BCUT2D eigenvalue weighted by Crippen LogP contribution is -2.37. The van der Waals surface area contributed by atoms with E-state index >= 15 is 0 Å². The lowest BCUT2D eigenvalue weighted by molar-refractivity contribution is -0.127. The number of nitrogens with one attached hydrogen (secondary N) is 2. The normalized spacial score (nSPS) is 11.3. The van der Waals surface area contributed by atoms with Crippen molar-refractivity contribution >= 4 is 17.5 Å². The molecule has 0 bridgehead atoms. The third kappa shape index (κ3) is 6.17. The van der Waals surface area contributed by atoms with Crippen LogP contribution in [-0.4, -0.2) is 29.4 Å². The quantitative estimate of drug-likeness (QED) is 0.616. The second kappa shape index (κ2) is 10.0. The molecule has 0 spiro atoms. The maximum Gasteiger partial charge on any atom is 0.260 e. The van der Waals surface area contributed by atoms with Gasteiger partial charge in [0.05, 0.1) is 11.9 Å². The number of hydrogen-bond acceptors (Lipinski definition) is 4. The number of rotatable bonds is 8. The third-order valence-corrected chi connectivity index (χ3v) is 4.24. The maximum absolute atomic E-state index is 12.2. The van der Waals surface area contributed by atoms with Crippen LogP contribution in [0.1, 0.15) is 13.3 Å². The SMILES string of the molecule is CC(Oc1ccc(-c2ccccc2)cc1)C(=O)NCCC(=O)Nc1cccnc1. The predicted octanol–water partition coefficient (Wildman–Crippen LogP) is 3.66. The Hall–Kier alpha value is -3.67. The monoisotopic (exact) mass is 389 g/mol. The molecule has 6 heteroatoms. The number of pyridine rings is 1. The van der Waals surface area contributed by atoms with Crippen LogP contribution in [0.5, 0.6) is 5.75 Å². The fourth-order valence-corrected chi connectivity index (χ4v) is 2.72. The van der Waals surface area contributed by atoms with Crippen LogP contribution < -0.4 is 15.4 Å². The molecule has 1 aromatic heterocycles. The first kappa shape index (κ1) is 20.1. The van der Waals surface area contributed by atoms with Gasteiger partial charge in [0.25, 0.3) is 5.91 Å². The molecule has 0 aliphatic rings. The van der Waals surface area contributed by atoms with E-state index < -0.39 is 6.10 Å². The van der Waals surface area contributed by atoms with E-state index in [2.05, 4.69) is 15.6 Å². The Morgan fingerprint density at radius 2 is 1.69 bits per heavy atom. The van der Waals surface area contributed by atoms with Crippen molar-refractivity contribution in [1.29, 1.82) is 0 Å². The summed E-state index contributed by atoms with van der Waals surface area (Å²) in [7, 11) is 0. The van der Waals surface area contributed by atoms with Gasteiger partial charge in [-0.05, 0) is 42.3 Å². The van der Waals surface area contributed by atoms with Crippen molar-refractivity contribution in [1.82, 2.24) is 10.3 Å². The molecule has 2 N–H and O–H groups in total. The molecule has 3 aromatic rings. The van der Waals surface area contributed by atoms with E-state index in [1.807, 2.05) is 54.6 Å². The second-order valence-electron chi connectivity index (χ2n) is 6.48. The fraction of sp³-hybridized carbons (Fsp3) is 0.174. The minimum absolute atomic E-state index is 0.166. The molecule has 2 aromatic carbocycles. The number of carbonyl (C=O) groups excluding carboxylic acids is 2. The Morgan fingerprint density at radius 3 is 2.38 bits per heavy atom. The van der Waals surface area contributed by atoms with Crippen LogP contribution in [-0.2, 0) is 9.59 Å². The molecule has 1 atom stereocenters. The molecule has 29 heavy (non-hydrogen) atoms. The van der Waals surface area contributed by atoms with Gasteiger partial charge in [0.2, 0.25) is 5.91 Å². The fourth-order valence-electron chi connectivity index (χ4n) is 2.72. The van der Waals surface area contributed by atoms with Crippen molar-refractivity contribution in [3.05, 3.63) is 79.1 Å². The lowest BCUT2D eigenvalue weighted by Gasteiger charge is -2.15. The van der Waals surface area contributed by atoms with Crippen LogP contribution >= 0.6 is 0 Å². The van der Waals surface area contributed by atoms with Gasteiger partial charge in [-0.25, -0.2) is 0 Å². The highest BCUT2D eigenvalue weighted by Gasteiger charge is 2.15. The zero-order chi connectivity index (χ0) is 20.5. The summed E-state index contributed by atoms with van der Waals surface area (Å²) < 4.78 is 5.70. The molecule has 1 unspecified atom stereocenters. The van der Waals surface area contributed by atoms with Gasteiger partial charge in [-0.1, -0.05) is 42.5 Å². The minimum atomic E-state index is -0.668. The molecule has 6 nitrogen and oxygen atoms in total. The number of aromatic nitrogens is 1. The Balaban J connectivity index is 1.42. The summed E-state index contributed by atoms with van der Waals surface area (Å²) in [6, 6.07) is 21.1. The summed E-state index contributed by atoms with van der Waals surface area (Å²) in [5.74, 6) is 0.149. The highest BCUT2D eigenvalue weighted by molar-refractivity contribution is 5.91. The van der Waals surface area contributed by atoms with Gasteiger partial charge >= 0.3 is 0 Å². The van der Waals surface area contributed by atoms with Gasteiger partial charge in [-0.3, -0.25) is 14.6 Å². The first-order valence-corrected chi connectivity index (χ1v) is 9.41. The van der Waals surface area contributed by atoms with E-state index in [-0.39, 0.29) is 24.8 Å². The number of benzene rings is 2. The first-order valence-electron chi connectivity index (χ1n) is 9.41. The molecule has 0 fully saturated rings. The number of anilines is 1. The Bertz CT molecular complexity index is 929. The van der Waals surface area contributed by atoms with Gasteiger partial charge in [0.1, 0.15) is 5.75 Å². The second-order valence-corrected chi connectivity index (χ2v) is 6.48. The van der Waals surface area contributed by atoms with Gasteiger partial charge in [0, 0.05) is 19.2 Å². The average molecular weight is 389 g/mol. The Kier molecular flexibility index (Phi) is 6.95. The molecular weight excluding hydrogens is 366 g/mol. The molecule has 0 saturated heterocycles. The van der Waals surface area contributed by atoms with E-state index in [9.17, 15) is 9.59 Å². The number of ether oxygens (including phenoxy) is 1. The topological polar surface area (TPSA) is 80.3 Å². The summed E-state index contributed by atoms with van der Waals surface area (Å²) >= 11 is 0. The third-order valence-electron chi connectivity index (χ3n) is 4.24. The lowest BCUT2D eigenvalue weighted by atomic mass is 10.1. The summed E-state index contributed by atoms with van der Waals surface area (Å²) in [4.78, 5) is 28.0. The van der Waals surface area contributed by atoms with Gasteiger partial charge in [-0.15, -0.1) is 0 Å². The number of amides is 2. The van der Waals surface area contributed by atoms with Crippen molar-refractivity contribution < 1.29 is 14.3 Å². The number of hydrogen-bond donors (Lipinski definition) is 2. The minimum Gasteiger partial charge on any atom is -0.481 e. The number of carbonyl (C=O) groups is 2. The van der Waals surface area contributed by atoms with Gasteiger partial charge in [-0.2, -0.15) is 0 Å². The molecule has 1 heterocycles. The van der Waals surface area contributed by atoms with Gasteiger partial charge < -0.3 is 15.4 Å². The van der Waals surface area contributed by atoms with Crippen LogP contribution in [0.15, 0.2) is 79.1 Å². The Labute approximate surface area is 169 Å². The smallest absolute Gasteiger partial charge is 0.260 e. The largest absolute Gasteiger partial charge is 0.481 e. The van der Waals surface area contributed by atoms with Crippen molar-refractivity contribution in [2.24, 2.45) is 0 Å². The molecule has 0 aliphatic carbocycles. The maximum atomic E-state index is 12.2. The summed E-state index contributed by atoms with van der Waals surface area (Å²) in [6.07, 6.45) is 2.69. The van der Waals surface area contributed by atoms with Crippen LogP contribution in [0.3, 0.4) is 0 Å². The van der Waals surface area contributed by atoms with Crippen LogP contribution in [0, 0.1) is 0 Å². The first-order chi connectivity index (χ1) is 14.1. The predicted molar refractivity (Wildman–Crippen MR) is 112 cm³/mol. The Morgan fingerprint density at radius 1 is 0.966 bits per heavy atom. The molecule has 148 valence electrons.